The summed E-state index contributed by atoms with van der Waals surface area (Å²) >= 11 is 0. The maximum atomic E-state index is 6.94. The highest BCUT2D eigenvalue weighted by atomic mass is 16.3. The molecule has 0 aliphatic carbocycles. The first-order valence-corrected chi connectivity index (χ1v) is 22.2. The Balaban J connectivity index is 0.898. The van der Waals surface area contributed by atoms with E-state index in [0.29, 0.717) is 5.82 Å². The number of anilines is 3. The van der Waals surface area contributed by atoms with E-state index in [1.54, 1.807) is 0 Å². The molecule has 65 heavy (non-hydrogen) atoms. The van der Waals surface area contributed by atoms with Gasteiger partial charge in [-0.25, -0.2) is 9.97 Å². The van der Waals surface area contributed by atoms with Crippen LogP contribution in [0.15, 0.2) is 229 Å². The van der Waals surface area contributed by atoms with Crippen LogP contribution in [0, 0.1) is 0 Å². The number of rotatable bonds is 7. The molecule has 2 aromatic heterocycles. The highest BCUT2D eigenvalue weighted by molar-refractivity contribution is 6.13. The first-order chi connectivity index (χ1) is 32.0. The van der Waals surface area contributed by atoms with E-state index in [2.05, 4.69) is 207 Å². The summed E-state index contributed by atoms with van der Waals surface area (Å²) in [4.78, 5) is 12.5. The van der Waals surface area contributed by atoms with Gasteiger partial charge in [0, 0.05) is 49.7 Å². The molecule has 1 aliphatic heterocycles. The fourth-order valence-electron chi connectivity index (χ4n) is 9.75. The zero-order valence-corrected chi connectivity index (χ0v) is 36.1. The molecule has 4 nitrogen and oxygen atoms in total. The molecule has 0 saturated heterocycles. The van der Waals surface area contributed by atoms with Crippen LogP contribution in [-0.4, -0.2) is 9.97 Å². The van der Waals surface area contributed by atoms with E-state index in [1.807, 2.05) is 36.4 Å². The van der Waals surface area contributed by atoms with Crippen molar-refractivity contribution in [1.29, 1.82) is 0 Å². The van der Waals surface area contributed by atoms with E-state index in [1.165, 1.54) is 33.6 Å². The van der Waals surface area contributed by atoms with Crippen LogP contribution in [0.5, 0.6) is 0 Å². The Bertz CT molecular complexity index is 3480. The number of hydrogen-bond donors (Lipinski definition) is 0. The average molecular weight is 834 g/mol. The van der Waals surface area contributed by atoms with E-state index in [-0.39, 0.29) is 5.41 Å². The fraction of sp³-hybridized carbons (Fsp3) is 0.0492. The van der Waals surface area contributed by atoms with Crippen molar-refractivity contribution in [3.63, 3.8) is 0 Å². The summed E-state index contributed by atoms with van der Waals surface area (Å²) in [6.45, 7) is 4.69. The second-order valence-electron chi connectivity index (χ2n) is 17.4. The summed E-state index contributed by atoms with van der Waals surface area (Å²) in [5, 5.41) is 2.18. The number of nitrogens with zero attached hydrogens (tertiary/aromatic N) is 3. The minimum Gasteiger partial charge on any atom is -0.455 e. The molecule has 4 heteroatoms. The minimum absolute atomic E-state index is 0.180. The van der Waals surface area contributed by atoms with Crippen LogP contribution in [0.2, 0.25) is 0 Å². The van der Waals surface area contributed by atoms with Crippen LogP contribution in [0.4, 0.5) is 17.1 Å². The van der Waals surface area contributed by atoms with Crippen molar-refractivity contribution in [2.45, 2.75) is 19.3 Å². The van der Waals surface area contributed by atoms with Gasteiger partial charge in [-0.3, -0.25) is 0 Å². The third-order valence-electron chi connectivity index (χ3n) is 13.1. The van der Waals surface area contributed by atoms with Gasteiger partial charge in [-0.15, -0.1) is 0 Å². The first-order valence-electron chi connectivity index (χ1n) is 22.2. The fourth-order valence-corrected chi connectivity index (χ4v) is 9.75. The highest BCUT2D eigenvalue weighted by Crippen LogP contribution is 2.53. The predicted octanol–water partition coefficient (Wildman–Crippen LogP) is 16.5. The maximum absolute atomic E-state index is 6.94. The summed E-state index contributed by atoms with van der Waals surface area (Å²) < 4.78 is 6.94. The molecular weight excluding hydrogens is 791 g/mol. The standard InChI is InChI=1S/C61H43N3O/c1-61(2)52-26-12-13-27-56(52)64(57-37-34-46(38-53(57)61)40-16-6-3-7-17-40)47-35-32-42(33-36-47)49-23-15-25-51-50-24-14-22-48(58(50)65-59(49)51)41-28-30-45(31-29-41)60-62-54(43-18-8-4-9-19-43)39-55(63-60)44-20-10-5-11-21-44/h3-39H,1-2H3. The SMILES string of the molecule is CC1(C)c2ccccc2N(c2ccc(-c3cccc4c3oc3c(-c5ccc(-c6nc(-c7ccccc7)cc(-c7ccccc7)n6)cc5)cccc34)cc2)c2ccc(-c3ccccc3)cc21. The Morgan fingerprint density at radius 3 is 1.43 bits per heavy atom. The molecule has 0 N–H and O–H groups in total. The molecule has 11 aromatic rings. The molecule has 0 bridgehead atoms. The summed E-state index contributed by atoms with van der Waals surface area (Å²) in [6, 6.07) is 79.5. The van der Waals surface area contributed by atoms with Gasteiger partial charge in [-0.1, -0.05) is 202 Å². The Hall–Kier alpha value is -8.34. The van der Waals surface area contributed by atoms with Gasteiger partial charge >= 0.3 is 0 Å². The molecule has 0 saturated carbocycles. The van der Waals surface area contributed by atoms with Gasteiger partial charge in [0.15, 0.2) is 5.82 Å². The van der Waals surface area contributed by atoms with Gasteiger partial charge in [-0.2, -0.15) is 0 Å². The van der Waals surface area contributed by atoms with Gasteiger partial charge < -0.3 is 9.32 Å². The van der Waals surface area contributed by atoms with E-state index in [9.17, 15) is 0 Å². The van der Waals surface area contributed by atoms with E-state index in [0.717, 1.165) is 78.0 Å². The smallest absolute Gasteiger partial charge is 0.160 e. The Morgan fingerprint density at radius 1 is 0.369 bits per heavy atom. The molecule has 12 rings (SSSR count). The van der Waals surface area contributed by atoms with Crippen LogP contribution in [0.3, 0.4) is 0 Å². The van der Waals surface area contributed by atoms with Crippen molar-refractivity contribution in [2.75, 3.05) is 4.90 Å². The van der Waals surface area contributed by atoms with Crippen molar-refractivity contribution in [2.24, 2.45) is 0 Å². The van der Waals surface area contributed by atoms with Gasteiger partial charge in [0.1, 0.15) is 11.2 Å². The lowest BCUT2D eigenvalue weighted by Crippen LogP contribution is -2.30. The minimum atomic E-state index is -0.180. The van der Waals surface area contributed by atoms with Gasteiger partial charge in [-0.05, 0) is 69.8 Å². The van der Waals surface area contributed by atoms with Crippen LogP contribution in [0.25, 0.3) is 89.2 Å². The van der Waals surface area contributed by atoms with Crippen molar-refractivity contribution in [3.05, 3.63) is 236 Å². The molecule has 0 spiro atoms. The molecule has 9 aromatic carbocycles. The number of hydrogen-bond acceptors (Lipinski definition) is 4. The van der Waals surface area contributed by atoms with Crippen molar-refractivity contribution in [3.8, 4) is 67.3 Å². The lowest BCUT2D eigenvalue weighted by Gasteiger charge is -2.42. The first kappa shape index (κ1) is 38.3. The van der Waals surface area contributed by atoms with Gasteiger partial charge in [0.05, 0.1) is 22.8 Å². The van der Waals surface area contributed by atoms with Gasteiger partial charge in [0.2, 0.25) is 0 Å². The lowest BCUT2D eigenvalue weighted by atomic mass is 9.73. The summed E-state index contributed by atoms with van der Waals surface area (Å²) in [7, 11) is 0. The monoisotopic (exact) mass is 833 g/mol. The van der Waals surface area contributed by atoms with Crippen LogP contribution < -0.4 is 4.90 Å². The van der Waals surface area contributed by atoms with Crippen LogP contribution in [-0.2, 0) is 5.41 Å². The molecule has 0 radical (unpaired) electrons. The third kappa shape index (κ3) is 6.61. The number of fused-ring (bicyclic) bond motifs is 5. The molecule has 1 aliphatic rings. The lowest BCUT2D eigenvalue weighted by molar-refractivity contribution is 0.632. The molecule has 3 heterocycles. The topological polar surface area (TPSA) is 42.2 Å². The van der Waals surface area contributed by atoms with Crippen molar-refractivity contribution >= 4 is 39.0 Å². The quantitative estimate of drug-likeness (QED) is 0.160. The number of benzene rings is 9. The zero-order chi connectivity index (χ0) is 43.5. The van der Waals surface area contributed by atoms with Crippen LogP contribution >= 0.6 is 0 Å². The summed E-state index contributed by atoms with van der Waals surface area (Å²) in [5.41, 5.74) is 19.2. The Kier molecular flexibility index (Phi) is 9.13. The number of furan rings is 1. The van der Waals surface area contributed by atoms with E-state index in [4.69, 9.17) is 14.4 Å². The predicted molar refractivity (Wildman–Crippen MR) is 269 cm³/mol. The van der Waals surface area contributed by atoms with Crippen LogP contribution in [0.1, 0.15) is 25.0 Å². The molecule has 308 valence electrons. The second kappa shape index (κ2) is 15.5. The normalized spacial score (nSPS) is 12.9. The molecule has 0 fully saturated rings. The maximum Gasteiger partial charge on any atom is 0.160 e. The average Bonchev–Trinajstić information content (AvgIpc) is 3.77. The van der Waals surface area contributed by atoms with E-state index < -0.39 is 0 Å². The number of aromatic nitrogens is 2. The molecule has 0 amide bonds. The third-order valence-corrected chi connectivity index (χ3v) is 13.1. The summed E-state index contributed by atoms with van der Waals surface area (Å²) in [5.74, 6) is 0.684. The Labute approximate surface area is 378 Å². The van der Waals surface area contributed by atoms with E-state index >= 15 is 0 Å². The largest absolute Gasteiger partial charge is 0.455 e. The summed E-state index contributed by atoms with van der Waals surface area (Å²) in [6.07, 6.45) is 0. The van der Waals surface area contributed by atoms with Crippen molar-refractivity contribution < 1.29 is 4.42 Å². The molecular formula is C61H43N3O. The molecule has 0 atom stereocenters. The highest BCUT2D eigenvalue weighted by Gasteiger charge is 2.37. The zero-order valence-electron chi connectivity index (χ0n) is 36.1. The van der Waals surface area contributed by atoms with Gasteiger partial charge in [0.25, 0.3) is 0 Å². The Morgan fingerprint density at radius 2 is 0.846 bits per heavy atom. The number of para-hydroxylation sites is 3. The molecule has 0 unspecified atom stereocenters. The van der Waals surface area contributed by atoms with Crippen molar-refractivity contribution in [1.82, 2.24) is 9.97 Å². The second-order valence-corrected chi connectivity index (χ2v) is 17.4.